The lowest BCUT2D eigenvalue weighted by Crippen LogP contribution is -2.39. The first-order chi connectivity index (χ1) is 16.6. The van der Waals surface area contributed by atoms with Crippen LogP contribution in [0.3, 0.4) is 0 Å². The number of nitrogens with zero attached hydrogens (tertiary/aromatic N) is 4. The van der Waals surface area contributed by atoms with Gasteiger partial charge in [0.1, 0.15) is 16.3 Å². The van der Waals surface area contributed by atoms with E-state index < -0.39 is 17.5 Å². The minimum atomic E-state index is -4.56. The number of likely N-dealkylation sites (tertiary alicyclic amines) is 1. The van der Waals surface area contributed by atoms with Gasteiger partial charge in [-0.05, 0) is 49.1 Å². The summed E-state index contributed by atoms with van der Waals surface area (Å²) in [6.45, 7) is 2.85. The van der Waals surface area contributed by atoms with Crippen molar-refractivity contribution < 1.29 is 23.1 Å². The summed E-state index contributed by atoms with van der Waals surface area (Å²) in [5, 5.41) is 17.4. The number of thiazole rings is 1. The molecule has 3 aromatic rings. The van der Waals surface area contributed by atoms with E-state index in [4.69, 9.17) is 0 Å². The molecule has 0 spiro atoms. The number of rotatable bonds is 4. The molecule has 0 saturated carbocycles. The maximum atomic E-state index is 13.0. The number of alkyl halides is 3. The molecule has 1 saturated heterocycles. The minimum absolute atomic E-state index is 0.158. The van der Waals surface area contributed by atoms with Gasteiger partial charge in [-0.25, -0.2) is 19.7 Å². The quantitative estimate of drug-likeness (QED) is 0.475. The molecule has 2 aromatic heterocycles. The molecule has 3 heterocycles. The molecule has 12 heteroatoms. The van der Waals surface area contributed by atoms with Crippen LogP contribution in [0.15, 0.2) is 36.7 Å². The van der Waals surface area contributed by atoms with Crippen molar-refractivity contribution in [2.24, 2.45) is 0 Å². The van der Waals surface area contributed by atoms with Gasteiger partial charge in [-0.3, -0.25) is 0 Å². The van der Waals surface area contributed by atoms with Gasteiger partial charge in [-0.1, -0.05) is 6.07 Å². The van der Waals surface area contributed by atoms with Crippen LogP contribution in [-0.4, -0.2) is 51.1 Å². The summed E-state index contributed by atoms with van der Waals surface area (Å²) in [6.07, 6.45) is -0.316. The zero-order valence-electron chi connectivity index (χ0n) is 19.2. The molecule has 35 heavy (non-hydrogen) atoms. The summed E-state index contributed by atoms with van der Waals surface area (Å²) in [6, 6.07) is 6.14. The second-order valence-corrected chi connectivity index (χ2v) is 9.46. The number of carbonyl (C=O) groups is 1. The summed E-state index contributed by atoms with van der Waals surface area (Å²) < 4.78 is 38.9. The molecule has 0 bridgehead atoms. The number of aromatic nitrogens is 3. The van der Waals surface area contributed by atoms with Crippen LogP contribution >= 0.6 is 11.3 Å². The molecule has 1 aliphatic rings. The van der Waals surface area contributed by atoms with Gasteiger partial charge < -0.3 is 20.6 Å². The van der Waals surface area contributed by atoms with Crippen molar-refractivity contribution in [3.8, 4) is 10.4 Å². The van der Waals surface area contributed by atoms with E-state index in [0.717, 1.165) is 28.3 Å². The SMILES string of the molecule is CNC(=O)N1CCC[C@](O)(c2ncc(-c3cc(C)cc(Nc4nccc(C(F)(F)F)n4)c3)s2)CC1. The summed E-state index contributed by atoms with van der Waals surface area (Å²) in [7, 11) is 1.58. The van der Waals surface area contributed by atoms with Crippen LogP contribution in [0.2, 0.25) is 0 Å². The van der Waals surface area contributed by atoms with Gasteiger partial charge in [0.2, 0.25) is 5.95 Å². The Kier molecular flexibility index (Phi) is 6.95. The fourth-order valence-corrected chi connectivity index (χ4v) is 5.07. The van der Waals surface area contributed by atoms with Crippen LogP contribution in [0.4, 0.5) is 29.6 Å². The summed E-state index contributed by atoms with van der Waals surface area (Å²) in [5.41, 5.74) is 0.0432. The summed E-state index contributed by atoms with van der Waals surface area (Å²) in [5.74, 6) is -0.158. The Bertz CT molecular complexity index is 1220. The maximum Gasteiger partial charge on any atom is 0.433 e. The van der Waals surface area contributed by atoms with Crippen molar-refractivity contribution >= 4 is 29.0 Å². The molecule has 1 fully saturated rings. The number of aryl methyl sites for hydroxylation is 1. The highest BCUT2D eigenvalue weighted by atomic mass is 32.1. The normalized spacial score (nSPS) is 18.7. The molecule has 0 radical (unpaired) electrons. The van der Waals surface area contributed by atoms with E-state index in [1.54, 1.807) is 30.3 Å². The number of benzene rings is 1. The van der Waals surface area contributed by atoms with Gasteiger partial charge in [-0.2, -0.15) is 13.2 Å². The van der Waals surface area contributed by atoms with Crippen molar-refractivity contribution in [3.63, 3.8) is 0 Å². The predicted octanol–water partition coefficient (Wildman–Crippen LogP) is 4.68. The van der Waals surface area contributed by atoms with Crippen LogP contribution in [-0.2, 0) is 11.8 Å². The minimum Gasteiger partial charge on any atom is -0.383 e. The zero-order chi connectivity index (χ0) is 25.2. The zero-order valence-corrected chi connectivity index (χ0v) is 20.0. The van der Waals surface area contributed by atoms with Gasteiger partial charge >= 0.3 is 12.2 Å². The van der Waals surface area contributed by atoms with Crippen LogP contribution in [0.1, 0.15) is 35.5 Å². The Morgan fingerprint density at radius 3 is 2.74 bits per heavy atom. The third-order valence-corrected chi connectivity index (χ3v) is 7.02. The Labute approximate surface area is 204 Å². The Hall–Kier alpha value is -3.25. The van der Waals surface area contributed by atoms with Crippen LogP contribution < -0.4 is 10.6 Å². The molecule has 1 aliphatic heterocycles. The molecule has 3 N–H and O–H groups in total. The Balaban J connectivity index is 1.55. The van der Waals surface area contributed by atoms with Crippen molar-refractivity contribution in [1.82, 2.24) is 25.2 Å². The Morgan fingerprint density at radius 1 is 1.20 bits per heavy atom. The topological polar surface area (TPSA) is 103 Å². The fourth-order valence-electron chi connectivity index (χ4n) is 4.02. The second kappa shape index (κ2) is 9.78. The standard InChI is InChI=1S/C23H25F3N6O2S/c1-14-10-15(12-16(11-14)30-20-28-7-4-18(31-20)23(24,25)26)17-13-29-19(35-17)22(34)5-3-8-32(9-6-22)21(33)27-2/h4,7,10-13,34H,3,5-6,8-9H2,1-2H3,(H,27,33)(H,28,30,31)/t22-/m1/s1. The number of amides is 2. The second-order valence-electron chi connectivity index (χ2n) is 8.43. The highest BCUT2D eigenvalue weighted by Gasteiger charge is 2.36. The molecule has 2 amide bonds. The molecule has 4 rings (SSSR count). The predicted molar refractivity (Wildman–Crippen MR) is 126 cm³/mol. The van der Waals surface area contributed by atoms with E-state index in [0.29, 0.717) is 43.0 Å². The van der Waals surface area contributed by atoms with Crippen LogP contribution in [0, 0.1) is 6.92 Å². The molecule has 0 unspecified atom stereocenters. The number of carbonyl (C=O) groups excluding carboxylic acids is 1. The van der Waals surface area contributed by atoms with E-state index in [1.807, 2.05) is 13.0 Å². The Morgan fingerprint density at radius 2 is 2.00 bits per heavy atom. The highest BCUT2D eigenvalue weighted by molar-refractivity contribution is 7.15. The van der Waals surface area contributed by atoms with Gasteiger partial charge in [-0.15, -0.1) is 11.3 Å². The smallest absolute Gasteiger partial charge is 0.383 e. The van der Waals surface area contributed by atoms with Crippen LogP contribution in [0.5, 0.6) is 0 Å². The lowest BCUT2D eigenvalue weighted by Gasteiger charge is -2.24. The molecule has 0 aliphatic carbocycles. The first kappa shape index (κ1) is 24.9. The molecule has 1 aromatic carbocycles. The van der Waals surface area contributed by atoms with E-state index in [1.165, 1.54) is 11.3 Å². The first-order valence-corrected chi connectivity index (χ1v) is 11.8. The lowest BCUT2D eigenvalue weighted by atomic mass is 9.96. The highest BCUT2D eigenvalue weighted by Crippen LogP contribution is 2.39. The number of anilines is 2. The number of hydrogen-bond donors (Lipinski definition) is 3. The van der Waals surface area contributed by atoms with Crippen molar-refractivity contribution in [3.05, 3.63) is 52.9 Å². The van der Waals surface area contributed by atoms with E-state index in [2.05, 4.69) is 25.6 Å². The maximum absolute atomic E-state index is 13.0. The summed E-state index contributed by atoms with van der Waals surface area (Å²) in [4.78, 5) is 26.4. The van der Waals surface area contributed by atoms with Gasteiger partial charge in [0, 0.05) is 44.6 Å². The molecular formula is C23H25F3N6O2S. The molecular weight excluding hydrogens is 481 g/mol. The number of aliphatic hydroxyl groups is 1. The number of hydrogen-bond acceptors (Lipinski definition) is 7. The summed E-state index contributed by atoms with van der Waals surface area (Å²) >= 11 is 1.36. The fraction of sp³-hybridized carbons (Fsp3) is 0.391. The van der Waals surface area contributed by atoms with Crippen LogP contribution in [0.25, 0.3) is 10.4 Å². The lowest BCUT2D eigenvalue weighted by molar-refractivity contribution is -0.141. The average molecular weight is 507 g/mol. The largest absolute Gasteiger partial charge is 0.433 e. The number of halogens is 3. The van der Waals surface area contributed by atoms with Crippen molar-refractivity contribution in [2.75, 3.05) is 25.5 Å². The molecule has 8 nitrogen and oxygen atoms in total. The molecule has 1 atom stereocenters. The number of nitrogens with one attached hydrogen (secondary N) is 2. The van der Waals surface area contributed by atoms with Crippen molar-refractivity contribution in [2.45, 2.75) is 38.0 Å². The third-order valence-electron chi connectivity index (χ3n) is 5.78. The monoisotopic (exact) mass is 506 g/mol. The van der Waals surface area contributed by atoms with E-state index in [-0.39, 0.29) is 12.0 Å². The number of urea groups is 1. The first-order valence-electron chi connectivity index (χ1n) is 11.0. The van der Waals surface area contributed by atoms with Gasteiger partial charge in [0.25, 0.3) is 0 Å². The average Bonchev–Trinajstić information content (AvgIpc) is 3.23. The molecule has 186 valence electrons. The van der Waals surface area contributed by atoms with Crippen molar-refractivity contribution in [1.29, 1.82) is 0 Å². The van der Waals surface area contributed by atoms with E-state index in [9.17, 15) is 23.1 Å². The van der Waals surface area contributed by atoms with E-state index >= 15 is 0 Å². The van der Waals surface area contributed by atoms with Gasteiger partial charge in [0.15, 0.2) is 0 Å². The van der Waals surface area contributed by atoms with Gasteiger partial charge in [0.05, 0.1) is 4.88 Å². The third kappa shape index (κ3) is 5.70.